The third-order valence-electron chi connectivity index (χ3n) is 10.7. The van der Waals surface area contributed by atoms with Gasteiger partial charge in [0.05, 0.1) is 50.5 Å². The van der Waals surface area contributed by atoms with E-state index in [1.54, 1.807) is 6.08 Å². The molecule has 0 fully saturated rings. The molecule has 0 saturated carbocycles. The Kier molecular flexibility index (Phi) is 8.46. The first kappa shape index (κ1) is 33.9. The normalized spacial score (nSPS) is 12.1. The highest BCUT2D eigenvalue weighted by Gasteiger charge is 2.23. The molecule has 270 valence electrons. The van der Waals surface area contributed by atoms with Gasteiger partial charge in [-0.25, -0.2) is 4.98 Å². The van der Waals surface area contributed by atoms with Crippen molar-refractivity contribution in [3.05, 3.63) is 207 Å². The highest BCUT2D eigenvalue weighted by atomic mass is 15.0. The summed E-state index contributed by atoms with van der Waals surface area (Å²) < 4.78 is 4.87. The number of benzene rings is 5. The maximum absolute atomic E-state index is 5.25. The van der Waals surface area contributed by atoms with Gasteiger partial charge in [0.25, 0.3) is 0 Å². The molecule has 10 rings (SSSR count). The summed E-state index contributed by atoms with van der Waals surface area (Å²) in [5, 5.41) is 4.63. The van der Waals surface area contributed by atoms with Crippen LogP contribution in [0.2, 0.25) is 0 Å². The third kappa shape index (κ3) is 5.94. The van der Waals surface area contributed by atoms with Gasteiger partial charge in [-0.2, -0.15) is 0 Å². The summed E-state index contributed by atoms with van der Waals surface area (Å²) in [4.78, 5) is 14.7. The summed E-state index contributed by atoms with van der Waals surface area (Å²) in [6.07, 6.45) is 11.5. The lowest BCUT2D eigenvalue weighted by Gasteiger charge is -2.15. The predicted octanol–water partition coefficient (Wildman–Crippen LogP) is 13.2. The van der Waals surface area contributed by atoms with E-state index in [0.29, 0.717) is 0 Å². The van der Waals surface area contributed by atoms with Crippen LogP contribution in [0.1, 0.15) is 12.6 Å². The zero-order valence-corrected chi connectivity index (χ0v) is 31.4. The molecule has 5 aromatic heterocycles. The number of aromatic nitrogens is 5. The van der Waals surface area contributed by atoms with Crippen molar-refractivity contribution in [3.8, 4) is 45.1 Å². The largest absolute Gasteiger partial charge is 0.307 e. The van der Waals surface area contributed by atoms with Crippen LogP contribution in [0.3, 0.4) is 0 Å². The Bertz CT molecular complexity index is 3170. The van der Waals surface area contributed by atoms with Crippen molar-refractivity contribution in [1.29, 1.82) is 0 Å². The van der Waals surface area contributed by atoms with Gasteiger partial charge in [-0.15, -0.1) is 0 Å². The van der Waals surface area contributed by atoms with E-state index in [2.05, 4.69) is 156 Å². The minimum absolute atomic E-state index is 0.899. The quantitative estimate of drug-likeness (QED) is 0.146. The van der Waals surface area contributed by atoms with E-state index in [4.69, 9.17) is 15.0 Å². The molecule has 0 unspecified atom stereocenters. The highest BCUT2D eigenvalue weighted by Crippen LogP contribution is 2.44. The summed E-state index contributed by atoms with van der Waals surface area (Å²) in [7, 11) is 0. The Labute approximate surface area is 330 Å². The van der Waals surface area contributed by atoms with Crippen LogP contribution in [0.4, 0.5) is 0 Å². The molecule has 5 nitrogen and oxygen atoms in total. The Hall–Kier alpha value is -7.63. The van der Waals surface area contributed by atoms with E-state index in [0.717, 1.165) is 100 Å². The molecule has 0 radical (unpaired) electrons. The second-order valence-corrected chi connectivity index (χ2v) is 14.2. The van der Waals surface area contributed by atoms with Crippen molar-refractivity contribution in [2.24, 2.45) is 0 Å². The fraction of sp³-hybridized carbons (Fsp3) is 0.0192. The summed E-state index contributed by atoms with van der Waals surface area (Å²) in [6.45, 7) is 5.98. The number of nitrogens with zero attached hydrogens (tertiary/aromatic N) is 5. The molecule has 0 bridgehead atoms. The van der Waals surface area contributed by atoms with Crippen molar-refractivity contribution < 1.29 is 0 Å². The number of hydrogen-bond acceptors (Lipinski definition) is 3. The fourth-order valence-corrected chi connectivity index (χ4v) is 8.07. The number of fused-ring (bicyclic) bond motifs is 7. The SMILES string of the molecule is C=C/C=C\C=C(/C)c1cc(-n2c3ccc(-c4ccccn4)cc3c3ccc4c5cc(-c6ccccn6)ccc5n(-c5ccccc5)c4c32)cc(-c2ccccc2)n1. The molecule has 0 aliphatic heterocycles. The first-order chi connectivity index (χ1) is 28.2. The van der Waals surface area contributed by atoms with Gasteiger partial charge in [0, 0.05) is 56.3 Å². The van der Waals surface area contributed by atoms with Crippen molar-refractivity contribution in [2.75, 3.05) is 0 Å². The molecule has 57 heavy (non-hydrogen) atoms. The van der Waals surface area contributed by atoms with Crippen LogP contribution in [-0.2, 0) is 0 Å². The molecular formula is C52H37N5. The van der Waals surface area contributed by atoms with E-state index in [1.165, 1.54) is 0 Å². The van der Waals surface area contributed by atoms with Gasteiger partial charge in [-0.3, -0.25) is 9.97 Å². The lowest BCUT2D eigenvalue weighted by molar-refractivity contribution is 1.13. The number of hydrogen-bond donors (Lipinski definition) is 0. The smallest absolute Gasteiger partial charge is 0.0788 e. The second kappa shape index (κ2) is 14.2. The van der Waals surface area contributed by atoms with Crippen molar-refractivity contribution in [2.45, 2.75) is 6.92 Å². The van der Waals surface area contributed by atoms with Gasteiger partial charge in [-0.1, -0.05) is 116 Å². The van der Waals surface area contributed by atoms with E-state index < -0.39 is 0 Å². The Morgan fingerprint density at radius 3 is 1.61 bits per heavy atom. The molecule has 5 aromatic carbocycles. The molecule has 10 aromatic rings. The second-order valence-electron chi connectivity index (χ2n) is 14.2. The monoisotopic (exact) mass is 731 g/mol. The van der Waals surface area contributed by atoms with Crippen LogP contribution >= 0.6 is 0 Å². The molecule has 0 amide bonds. The first-order valence-electron chi connectivity index (χ1n) is 19.1. The summed E-state index contributed by atoms with van der Waals surface area (Å²) >= 11 is 0. The average Bonchev–Trinajstić information content (AvgIpc) is 3.80. The van der Waals surface area contributed by atoms with E-state index in [-0.39, 0.29) is 0 Å². The van der Waals surface area contributed by atoms with Gasteiger partial charge in [-0.05, 0) is 85.3 Å². The fourth-order valence-electron chi connectivity index (χ4n) is 8.07. The zero-order valence-electron chi connectivity index (χ0n) is 31.4. The van der Waals surface area contributed by atoms with Crippen LogP contribution in [-0.4, -0.2) is 24.1 Å². The lowest BCUT2D eigenvalue weighted by Crippen LogP contribution is -2.01. The van der Waals surface area contributed by atoms with E-state index >= 15 is 0 Å². The van der Waals surface area contributed by atoms with Gasteiger partial charge in [0.15, 0.2) is 0 Å². The Morgan fingerprint density at radius 1 is 0.491 bits per heavy atom. The van der Waals surface area contributed by atoms with Gasteiger partial charge in [0.1, 0.15) is 0 Å². The standard InChI is InChI=1S/C52H37N5/c1-3-4-7-16-35(2)47-33-40(34-48(55-47)36-17-8-5-9-18-36)57-50-28-24-38(46-22-13-15-30-54-46)32-44(50)42-26-25-41-43-31-37(45-21-12-14-29-53-45)23-27-49(43)56(51(41)52(42)57)39-19-10-6-11-20-39/h3-34H,1H2,2H3/b7-4-,35-16+. The summed E-state index contributed by atoms with van der Waals surface area (Å²) in [6, 6.07) is 55.8. The number of allylic oxidation sites excluding steroid dienone is 5. The van der Waals surface area contributed by atoms with Crippen LogP contribution in [0.15, 0.2) is 201 Å². The van der Waals surface area contributed by atoms with E-state index in [9.17, 15) is 0 Å². The minimum Gasteiger partial charge on any atom is -0.307 e. The third-order valence-corrected chi connectivity index (χ3v) is 10.7. The molecule has 0 saturated heterocycles. The van der Waals surface area contributed by atoms with Crippen LogP contribution in [0.25, 0.3) is 94.3 Å². The molecular weight excluding hydrogens is 695 g/mol. The topological polar surface area (TPSA) is 48.5 Å². The Balaban J connectivity index is 1.37. The number of rotatable bonds is 8. The Morgan fingerprint density at radius 2 is 1.05 bits per heavy atom. The lowest BCUT2D eigenvalue weighted by atomic mass is 10.0. The van der Waals surface area contributed by atoms with Gasteiger partial charge < -0.3 is 9.13 Å². The molecule has 0 N–H and O–H groups in total. The molecule has 5 heterocycles. The maximum Gasteiger partial charge on any atom is 0.0788 e. The highest BCUT2D eigenvalue weighted by molar-refractivity contribution is 6.24. The molecule has 5 heteroatoms. The number of pyridine rings is 3. The summed E-state index contributed by atoms with van der Waals surface area (Å²) in [5.74, 6) is 0. The zero-order chi connectivity index (χ0) is 38.3. The van der Waals surface area contributed by atoms with Crippen molar-refractivity contribution in [3.63, 3.8) is 0 Å². The van der Waals surface area contributed by atoms with Gasteiger partial charge in [0.2, 0.25) is 0 Å². The van der Waals surface area contributed by atoms with Crippen molar-refractivity contribution >= 4 is 49.2 Å². The molecule has 0 atom stereocenters. The predicted molar refractivity (Wildman–Crippen MR) is 238 cm³/mol. The number of para-hydroxylation sites is 1. The van der Waals surface area contributed by atoms with Gasteiger partial charge >= 0.3 is 0 Å². The molecule has 0 aliphatic carbocycles. The van der Waals surface area contributed by atoms with Crippen LogP contribution in [0.5, 0.6) is 0 Å². The van der Waals surface area contributed by atoms with Crippen molar-refractivity contribution in [1.82, 2.24) is 24.1 Å². The average molecular weight is 732 g/mol. The summed E-state index contributed by atoms with van der Waals surface area (Å²) in [5.41, 5.74) is 14.5. The van der Waals surface area contributed by atoms with E-state index in [1.807, 2.05) is 54.9 Å². The minimum atomic E-state index is 0.899. The molecule has 0 aliphatic rings. The molecule has 0 spiro atoms. The maximum atomic E-state index is 5.25. The van der Waals surface area contributed by atoms with Crippen LogP contribution < -0.4 is 0 Å². The first-order valence-corrected chi connectivity index (χ1v) is 19.1. The van der Waals surface area contributed by atoms with Crippen LogP contribution in [0, 0.1) is 0 Å².